The predicted molar refractivity (Wildman–Crippen MR) is 89.0 cm³/mol. The van der Waals surface area contributed by atoms with Gasteiger partial charge in [-0.3, -0.25) is 4.79 Å². The number of carbonyl (C=O) groups is 1. The molecule has 0 unspecified atom stereocenters. The van der Waals surface area contributed by atoms with Crippen molar-refractivity contribution in [1.29, 1.82) is 0 Å². The third-order valence-corrected chi connectivity index (χ3v) is 4.05. The summed E-state index contributed by atoms with van der Waals surface area (Å²) in [6.07, 6.45) is 2.04. The van der Waals surface area contributed by atoms with E-state index in [-0.39, 0.29) is 5.78 Å². The number of hydrogen-bond acceptors (Lipinski definition) is 4. The van der Waals surface area contributed by atoms with Gasteiger partial charge in [-0.25, -0.2) is 5.01 Å². The van der Waals surface area contributed by atoms with Crippen molar-refractivity contribution in [3.05, 3.63) is 71.3 Å². The van der Waals surface area contributed by atoms with Gasteiger partial charge >= 0.3 is 0 Å². The smallest absolute Gasteiger partial charge is 0.186 e. The van der Waals surface area contributed by atoms with Crippen molar-refractivity contribution in [2.75, 3.05) is 5.01 Å². The lowest BCUT2D eigenvalue weighted by Crippen LogP contribution is -2.09. The van der Waals surface area contributed by atoms with Crippen LogP contribution in [0.25, 0.3) is 6.08 Å². The summed E-state index contributed by atoms with van der Waals surface area (Å²) < 4.78 is 0. The number of ketones is 1. The molecule has 2 aromatic rings. The van der Waals surface area contributed by atoms with Gasteiger partial charge in [0.25, 0.3) is 0 Å². The number of benzene rings is 2. The molecule has 1 heterocycles. The minimum absolute atomic E-state index is 0.0163. The summed E-state index contributed by atoms with van der Waals surface area (Å²) in [7, 11) is 0. The minimum Gasteiger partial charge on any atom is -0.292 e. The molecule has 0 N–H and O–H groups in total. The second-order valence-electron chi connectivity index (χ2n) is 4.60. The molecule has 3 rings (SSSR count). The molecule has 0 amide bonds. The number of carbonyl (C=O) groups excluding carboxylic acids is 1. The average molecular weight is 294 g/mol. The second kappa shape index (κ2) is 5.97. The van der Waals surface area contributed by atoms with Crippen LogP contribution in [-0.2, 0) is 4.79 Å². The largest absolute Gasteiger partial charge is 0.292 e. The fraction of sp³-hybridized carbons (Fsp3) is 0.0588. The molecule has 0 radical (unpaired) electrons. The Morgan fingerprint density at radius 2 is 1.67 bits per heavy atom. The first-order valence-corrected chi connectivity index (χ1v) is 7.45. The number of hydrogen-bond donors (Lipinski definition) is 0. The van der Waals surface area contributed by atoms with Gasteiger partial charge in [0.15, 0.2) is 10.8 Å². The maximum Gasteiger partial charge on any atom is 0.186 e. The molecular formula is C17H14N2OS. The Balaban J connectivity index is 2.00. The van der Waals surface area contributed by atoms with E-state index < -0.39 is 0 Å². The third-order valence-electron chi connectivity index (χ3n) is 2.99. The van der Waals surface area contributed by atoms with E-state index in [2.05, 4.69) is 5.10 Å². The zero-order valence-electron chi connectivity index (χ0n) is 11.6. The van der Waals surface area contributed by atoms with Crippen LogP contribution in [-0.4, -0.2) is 10.8 Å². The third kappa shape index (κ3) is 3.06. The van der Waals surface area contributed by atoms with E-state index in [9.17, 15) is 4.79 Å². The van der Waals surface area contributed by atoms with Crippen LogP contribution in [0.4, 0.5) is 5.69 Å². The summed E-state index contributed by atoms with van der Waals surface area (Å²) in [6.45, 7) is 1.54. The van der Waals surface area contributed by atoms with Crippen molar-refractivity contribution < 1.29 is 4.79 Å². The second-order valence-corrected chi connectivity index (χ2v) is 5.61. The summed E-state index contributed by atoms with van der Waals surface area (Å²) in [5, 5.41) is 7.69. The van der Waals surface area contributed by atoms with Crippen molar-refractivity contribution in [1.82, 2.24) is 0 Å². The summed E-state index contributed by atoms with van der Waals surface area (Å²) >= 11 is 1.40. The SMILES string of the molecule is CC(=O)C1=NN(c2ccccc2)/C(=C\c2ccccc2)S1. The molecular weight excluding hydrogens is 280 g/mol. The number of para-hydroxylation sites is 1. The summed E-state index contributed by atoms with van der Waals surface area (Å²) in [5.74, 6) is -0.0163. The van der Waals surface area contributed by atoms with E-state index in [1.54, 1.807) is 6.92 Å². The van der Waals surface area contributed by atoms with Crippen molar-refractivity contribution in [3.8, 4) is 0 Å². The zero-order chi connectivity index (χ0) is 14.7. The van der Waals surface area contributed by atoms with Gasteiger partial charge in [-0.15, -0.1) is 0 Å². The van der Waals surface area contributed by atoms with Gasteiger partial charge in [0.2, 0.25) is 0 Å². The van der Waals surface area contributed by atoms with Crippen LogP contribution in [0.2, 0.25) is 0 Å². The minimum atomic E-state index is -0.0163. The van der Waals surface area contributed by atoms with Crippen LogP contribution in [0.15, 0.2) is 70.8 Å². The van der Waals surface area contributed by atoms with Crippen molar-refractivity contribution in [2.45, 2.75) is 6.92 Å². The molecule has 104 valence electrons. The van der Waals surface area contributed by atoms with Gasteiger partial charge in [0.1, 0.15) is 5.03 Å². The highest BCUT2D eigenvalue weighted by Crippen LogP contribution is 2.35. The van der Waals surface area contributed by atoms with Crippen molar-refractivity contribution >= 4 is 34.4 Å². The first-order valence-electron chi connectivity index (χ1n) is 6.63. The van der Waals surface area contributed by atoms with Gasteiger partial charge in [0.05, 0.1) is 5.69 Å². The maximum absolute atomic E-state index is 11.6. The lowest BCUT2D eigenvalue weighted by atomic mass is 10.2. The highest BCUT2D eigenvalue weighted by molar-refractivity contribution is 8.19. The lowest BCUT2D eigenvalue weighted by Gasteiger charge is -2.15. The highest BCUT2D eigenvalue weighted by Gasteiger charge is 2.25. The molecule has 0 spiro atoms. The summed E-state index contributed by atoms with van der Waals surface area (Å²) in [5.41, 5.74) is 2.03. The zero-order valence-corrected chi connectivity index (χ0v) is 12.4. The molecule has 2 aromatic carbocycles. The summed E-state index contributed by atoms with van der Waals surface area (Å²) in [4.78, 5) is 11.6. The van der Waals surface area contributed by atoms with E-state index in [1.807, 2.05) is 71.7 Å². The van der Waals surface area contributed by atoms with Gasteiger partial charge in [-0.2, -0.15) is 5.10 Å². The fourth-order valence-corrected chi connectivity index (χ4v) is 2.87. The molecule has 3 nitrogen and oxygen atoms in total. The average Bonchev–Trinajstić information content (AvgIpc) is 2.93. The quantitative estimate of drug-likeness (QED) is 0.853. The van der Waals surface area contributed by atoms with Crippen molar-refractivity contribution in [2.24, 2.45) is 5.10 Å². The topological polar surface area (TPSA) is 32.7 Å². The van der Waals surface area contributed by atoms with Crippen molar-refractivity contribution in [3.63, 3.8) is 0 Å². The predicted octanol–water partition coefficient (Wildman–Crippen LogP) is 4.14. The molecule has 1 aliphatic rings. The van der Waals surface area contributed by atoms with Gasteiger partial charge < -0.3 is 0 Å². The van der Waals surface area contributed by atoms with Crippen LogP contribution in [0.5, 0.6) is 0 Å². The Hall–Kier alpha value is -2.33. The van der Waals surface area contributed by atoms with Crippen LogP contribution >= 0.6 is 11.8 Å². The number of nitrogens with zero attached hydrogens (tertiary/aromatic N) is 2. The molecule has 0 atom stereocenters. The number of hydrazone groups is 1. The first kappa shape index (κ1) is 13.6. The van der Waals surface area contributed by atoms with Crippen LogP contribution in [0.1, 0.15) is 12.5 Å². The first-order chi connectivity index (χ1) is 10.2. The molecule has 0 saturated carbocycles. The molecule has 0 aliphatic carbocycles. The Kier molecular flexibility index (Phi) is 3.88. The molecule has 0 aromatic heterocycles. The van der Waals surface area contributed by atoms with E-state index in [4.69, 9.17) is 0 Å². The van der Waals surface area contributed by atoms with Gasteiger partial charge in [-0.1, -0.05) is 48.5 Å². The monoisotopic (exact) mass is 294 g/mol. The normalized spacial score (nSPS) is 16.1. The molecule has 0 bridgehead atoms. The number of thioether (sulfide) groups is 1. The number of anilines is 1. The highest BCUT2D eigenvalue weighted by atomic mass is 32.2. The van der Waals surface area contributed by atoms with E-state index in [0.29, 0.717) is 5.04 Å². The van der Waals surface area contributed by atoms with Crippen LogP contribution in [0.3, 0.4) is 0 Å². The standard InChI is InChI=1S/C17H14N2OS/c1-13(20)17-18-19(15-10-6-3-7-11-15)16(21-17)12-14-8-4-2-5-9-14/h2-12H,1H3/b16-12+. The Bertz CT molecular complexity index is 708. The molecule has 0 saturated heterocycles. The lowest BCUT2D eigenvalue weighted by molar-refractivity contribution is -0.110. The van der Waals surface area contributed by atoms with E-state index >= 15 is 0 Å². The fourth-order valence-electron chi connectivity index (χ4n) is 1.98. The maximum atomic E-state index is 11.6. The van der Waals surface area contributed by atoms with Crippen LogP contribution < -0.4 is 5.01 Å². The molecule has 4 heteroatoms. The summed E-state index contributed by atoms with van der Waals surface area (Å²) in [6, 6.07) is 19.9. The van der Waals surface area contributed by atoms with E-state index in [1.165, 1.54) is 11.8 Å². The molecule has 21 heavy (non-hydrogen) atoms. The Labute approximate surface area is 128 Å². The Morgan fingerprint density at radius 1 is 1.05 bits per heavy atom. The van der Waals surface area contributed by atoms with Crippen LogP contribution in [0, 0.1) is 0 Å². The van der Waals surface area contributed by atoms with E-state index in [0.717, 1.165) is 16.3 Å². The molecule has 1 aliphatic heterocycles. The van der Waals surface area contributed by atoms with Gasteiger partial charge in [0, 0.05) is 6.92 Å². The Morgan fingerprint density at radius 3 is 2.29 bits per heavy atom. The van der Waals surface area contributed by atoms with Gasteiger partial charge in [-0.05, 0) is 35.5 Å². The molecule has 0 fully saturated rings. The number of rotatable bonds is 3. The number of Topliss-reactive ketones (excluding diaryl/α,β-unsaturated/α-hetero) is 1.